The minimum Gasteiger partial charge on any atom is -0.506 e. The van der Waals surface area contributed by atoms with Gasteiger partial charge in [0.25, 0.3) is 0 Å². The molecule has 0 amide bonds. The van der Waals surface area contributed by atoms with Crippen molar-refractivity contribution in [1.29, 1.82) is 0 Å². The maximum Gasteiger partial charge on any atom is 0.187 e. The van der Waals surface area contributed by atoms with E-state index in [4.69, 9.17) is 35.4 Å². The average molecular weight is 400 g/mol. The molecule has 2 bridgehead atoms. The van der Waals surface area contributed by atoms with Gasteiger partial charge < -0.3 is 10.4 Å². The first-order valence-electron chi connectivity index (χ1n) is 8.44. The Kier molecular flexibility index (Phi) is 4.95. The predicted octanol–water partition coefficient (Wildman–Crippen LogP) is 4.71. The smallest absolute Gasteiger partial charge is 0.187 e. The second-order valence-corrected chi connectivity index (χ2v) is 9.03. The SMILES string of the molecule is CC1(C)[C@@H]2CC[C@H](C2)[C@@]1(C)NC(=S)N/N=C\c1cc(Cl)cc(Cl)c1O. The largest absolute Gasteiger partial charge is 0.506 e. The second-order valence-electron chi connectivity index (χ2n) is 7.78. The maximum absolute atomic E-state index is 9.94. The summed E-state index contributed by atoms with van der Waals surface area (Å²) < 4.78 is 0. The van der Waals surface area contributed by atoms with Crippen LogP contribution in [0.5, 0.6) is 5.75 Å². The molecular weight excluding hydrogens is 377 g/mol. The van der Waals surface area contributed by atoms with Crippen LogP contribution in [0.2, 0.25) is 10.0 Å². The Morgan fingerprint density at radius 2 is 1.96 bits per heavy atom. The lowest BCUT2D eigenvalue weighted by Gasteiger charge is -2.48. The van der Waals surface area contributed by atoms with Gasteiger partial charge in [-0.15, -0.1) is 0 Å². The fraction of sp³-hybridized carbons (Fsp3) is 0.556. The van der Waals surface area contributed by atoms with E-state index in [1.165, 1.54) is 31.5 Å². The summed E-state index contributed by atoms with van der Waals surface area (Å²) in [4.78, 5) is 0. The van der Waals surface area contributed by atoms with E-state index in [9.17, 15) is 5.11 Å². The Morgan fingerprint density at radius 3 is 2.60 bits per heavy atom. The lowest BCUT2D eigenvalue weighted by molar-refractivity contribution is 0.0833. The molecule has 0 saturated heterocycles. The van der Waals surface area contributed by atoms with E-state index in [-0.39, 0.29) is 21.7 Å². The van der Waals surface area contributed by atoms with Crippen LogP contribution in [0.15, 0.2) is 17.2 Å². The van der Waals surface area contributed by atoms with Gasteiger partial charge in [-0.1, -0.05) is 37.0 Å². The minimum absolute atomic E-state index is 0.0446. The third-order valence-electron chi connectivity index (χ3n) is 6.41. The van der Waals surface area contributed by atoms with Crippen LogP contribution in [0.3, 0.4) is 0 Å². The standard InChI is InChI=1S/C18H23Cl2N3OS/c1-17(2)11-4-5-12(7-11)18(17,3)22-16(25)23-21-9-10-6-13(19)8-14(20)15(10)24/h6,8-9,11-12,24H,4-5,7H2,1-3H3,(H2,22,23,25)/b21-9-/t11-,12-,18-/m1/s1. The Labute approximate surface area is 164 Å². The number of hydrogen-bond donors (Lipinski definition) is 3. The van der Waals surface area contributed by atoms with Crippen molar-refractivity contribution in [3.05, 3.63) is 27.7 Å². The lowest BCUT2D eigenvalue weighted by atomic mass is 9.64. The number of aromatic hydroxyl groups is 1. The summed E-state index contributed by atoms with van der Waals surface area (Å²) in [6, 6.07) is 3.07. The Balaban J connectivity index is 1.66. The number of rotatable bonds is 3. The zero-order chi connectivity index (χ0) is 18.4. The first-order valence-corrected chi connectivity index (χ1v) is 9.61. The number of hydrogen-bond acceptors (Lipinski definition) is 3. The molecule has 136 valence electrons. The summed E-state index contributed by atoms with van der Waals surface area (Å²) in [5, 5.41) is 18.6. The molecule has 4 nitrogen and oxygen atoms in total. The maximum atomic E-state index is 9.94. The van der Waals surface area contributed by atoms with Gasteiger partial charge in [-0.25, -0.2) is 0 Å². The molecule has 0 unspecified atom stereocenters. The van der Waals surface area contributed by atoms with Gasteiger partial charge in [-0.3, -0.25) is 5.43 Å². The van der Waals surface area contributed by atoms with Gasteiger partial charge in [-0.2, -0.15) is 5.10 Å². The number of phenols is 1. The van der Waals surface area contributed by atoms with Crippen LogP contribution in [-0.2, 0) is 0 Å². The van der Waals surface area contributed by atoms with Crippen LogP contribution in [0.1, 0.15) is 45.6 Å². The molecule has 2 aliphatic rings. The van der Waals surface area contributed by atoms with E-state index in [0.717, 1.165) is 5.92 Å². The van der Waals surface area contributed by atoms with E-state index in [1.54, 1.807) is 6.07 Å². The fourth-order valence-electron chi connectivity index (χ4n) is 4.48. The molecule has 25 heavy (non-hydrogen) atoms. The van der Waals surface area contributed by atoms with Gasteiger partial charge in [0, 0.05) is 16.1 Å². The van der Waals surface area contributed by atoms with E-state index in [0.29, 0.717) is 21.6 Å². The number of nitrogens with one attached hydrogen (secondary N) is 2. The van der Waals surface area contributed by atoms with E-state index in [2.05, 4.69) is 36.6 Å². The number of nitrogens with zero attached hydrogens (tertiary/aromatic N) is 1. The van der Waals surface area contributed by atoms with Crippen molar-refractivity contribution in [2.75, 3.05) is 0 Å². The van der Waals surface area contributed by atoms with E-state index < -0.39 is 0 Å². The zero-order valence-electron chi connectivity index (χ0n) is 14.6. The fourth-order valence-corrected chi connectivity index (χ4v) is 5.26. The van der Waals surface area contributed by atoms with Gasteiger partial charge in [0.2, 0.25) is 0 Å². The lowest BCUT2D eigenvalue weighted by Crippen LogP contribution is -2.60. The Morgan fingerprint density at radius 1 is 1.28 bits per heavy atom. The topological polar surface area (TPSA) is 56.7 Å². The normalized spacial score (nSPS) is 30.0. The van der Waals surface area contributed by atoms with Crippen molar-refractivity contribution in [3.63, 3.8) is 0 Å². The quantitative estimate of drug-likeness (QED) is 0.391. The van der Waals surface area contributed by atoms with Crippen molar-refractivity contribution < 1.29 is 5.11 Å². The van der Waals surface area contributed by atoms with Crippen LogP contribution in [0, 0.1) is 17.3 Å². The molecule has 7 heteroatoms. The zero-order valence-corrected chi connectivity index (χ0v) is 16.9. The average Bonchev–Trinajstić information content (AvgIpc) is 3.07. The summed E-state index contributed by atoms with van der Waals surface area (Å²) in [5.74, 6) is 1.32. The minimum atomic E-state index is -0.0586. The molecule has 3 N–H and O–H groups in total. The highest BCUT2D eigenvalue weighted by Crippen LogP contribution is 2.61. The van der Waals surface area contributed by atoms with Crippen LogP contribution >= 0.6 is 35.4 Å². The molecule has 1 aromatic rings. The van der Waals surface area contributed by atoms with Crippen LogP contribution in [-0.4, -0.2) is 22.0 Å². The molecule has 2 fully saturated rings. The highest BCUT2D eigenvalue weighted by molar-refractivity contribution is 7.80. The van der Waals surface area contributed by atoms with Crippen LogP contribution in [0.25, 0.3) is 0 Å². The van der Waals surface area contributed by atoms with Crippen molar-refractivity contribution in [2.24, 2.45) is 22.4 Å². The molecule has 0 radical (unpaired) electrons. The summed E-state index contributed by atoms with van der Waals surface area (Å²) in [7, 11) is 0. The molecule has 3 atom stereocenters. The monoisotopic (exact) mass is 399 g/mol. The molecule has 0 aliphatic heterocycles. The second kappa shape index (κ2) is 6.60. The molecule has 2 saturated carbocycles. The highest BCUT2D eigenvalue weighted by Gasteiger charge is 2.60. The predicted molar refractivity (Wildman–Crippen MR) is 108 cm³/mol. The first kappa shape index (κ1) is 18.7. The van der Waals surface area contributed by atoms with Crippen molar-refractivity contribution in [2.45, 2.75) is 45.6 Å². The van der Waals surface area contributed by atoms with Gasteiger partial charge in [0.05, 0.1) is 11.2 Å². The van der Waals surface area contributed by atoms with Crippen LogP contribution < -0.4 is 10.7 Å². The summed E-state index contributed by atoms with van der Waals surface area (Å²) in [6.45, 7) is 6.90. The molecule has 0 heterocycles. The Hall–Kier alpha value is -1.04. The number of fused-ring (bicyclic) bond motifs is 2. The number of phenolic OH excluding ortho intramolecular Hbond substituents is 1. The summed E-state index contributed by atoms with van der Waals surface area (Å²) in [6.07, 6.45) is 5.27. The first-order chi connectivity index (χ1) is 11.6. The third-order valence-corrected chi connectivity index (χ3v) is 7.11. The van der Waals surface area contributed by atoms with Crippen molar-refractivity contribution >= 4 is 46.7 Å². The molecule has 3 rings (SSSR count). The molecule has 0 aromatic heterocycles. The number of hydrazone groups is 1. The van der Waals surface area contributed by atoms with E-state index in [1.807, 2.05) is 0 Å². The van der Waals surface area contributed by atoms with Crippen molar-refractivity contribution in [3.8, 4) is 5.75 Å². The number of benzene rings is 1. The van der Waals surface area contributed by atoms with Gasteiger partial charge in [-0.05, 0) is 67.8 Å². The molecule has 0 spiro atoms. The molecular formula is C18H23Cl2N3OS. The van der Waals surface area contributed by atoms with Gasteiger partial charge in [0.15, 0.2) is 5.11 Å². The number of thiocarbonyl (C=S) groups is 1. The highest BCUT2D eigenvalue weighted by atomic mass is 35.5. The van der Waals surface area contributed by atoms with E-state index >= 15 is 0 Å². The summed E-state index contributed by atoms with van der Waals surface area (Å²) in [5.41, 5.74) is 3.41. The number of halogens is 2. The van der Waals surface area contributed by atoms with Gasteiger partial charge in [0.1, 0.15) is 5.75 Å². The third kappa shape index (κ3) is 3.22. The molecule has 1 aromatic carbocycles. The van der Waals surface area contributed by atoms with Gasteiger partial charge >= 0.3 is 0 Å². The summed E-state index contributed by atoms with van der Waals surface area (Å²) >= 11 is 17.3. The molecule has 2 aliphatic carbocycles. The Bertz CT molecular complexity index is 737. The van der Waals surface area contributed by atoms with Crippen molar-refractivity contribution in [1.82, 2.24) is 10.7 Å². The van der Waals surface area contributed by atoms with Crippen LogP contribution in [0.4, 0.5) is 0 Å².